The molecular formula is C35H60O14. The van der Waals surface area contributed by atoms with Crippen LogP contribution in [0.3, 0.4) is 0 Å². The lowest BCUT2D eigenvalue weighted by atomic mass is 9.57. The molecule has 2 saturated heterocycles. The van der Waals surface area contributed by atoms with Crippen molar-refractivity contribution in [1.29, 1.82) is 0 Å². The molecule has 0 spiro atoms. The van der Waals surface area contributed by atoms with Crippen molar-refractivity contribution in [3.63, 3.8) is 0 Å². The Morgan fingerprint density at radius 3 is 0.980 bits per heavy atom. The van der Waals surface area contributed by atoms with Crippen LogP contribution in [0.2, 0.25) is 0 Å². The van der Waals surface area contributed by atoms with Crippen molar-refractivity contribution >= 4 is 0 Å². The quantitative estimate of drug-likeness (QED) is 0.140. The third-order valence-corrected chi connectivity index (χ3v) is 14.2. The molecule has 14 heteroatoms. The second-order valence-electron chi connectivity index (χ2n) is 16.9. The fourth-order valence-electron chi connectivity index (χ4n) is 11.2. The summed E-state index contributed by atoms with van der Waals surface area (Å²) in [4.78, 5) is 0. The Morgan fingerprint density at radius 2 is 0.673 bits per heavy atom. The van der Waals surface area contributed by atoms with Crippen molar-refractivity contribution in [2.45, 2.75) is 157 Å². The van der Waals surface area contributed by atoms with Crippen LogP contribution in [-0.4, -0.2) is 159 Å². The normalized spacial score (nSPS) is 61.5. The number of aliphatic hydroxyl groups is 12. The van der Waals surface area contributed by atoms with Gasteiger partial charge in [-0.25, -0.2) is 0 Å². The Bertz CT molecular complexity index is 1020. The minimum Gasteiger partial charge on any atom is -0.392 e. The fraction of sp³-hybridized carbons (Fsp3) is 1.00. The smallest absolute Gasteiger partial charge is 0.106 e. The Morgan fingerprint density at radius 1 is 0.367 bits per heavy atom. The van der Waals surface area contributed by atoms with E-state index in [1.54, 1.807) is 27.7 Å². The summed E-state index contributed by atoms with van der Waals surface area (Å²) in [5.41, 5.74) is 0. The molecule has 14 nitrogen and oxygen atoms in total. The molecule has 6 fully saturated rings. The Balaban J connectivity index is 1.17. The van der Waals surface area contributed by atoms with Gasteiger partial charge in [0.15, 0.2) is 0 Å². The van der Waals surface area contributed by atoms with Gasteiger partial charge in [0.25, 0.3) is 0 Å². The van der Waals surface area contributed by atoms with Crippen LogP contribution in [0.25, 0.3) is 0 Å². The minimum absolute atomic E-state index is 0.0576. The van der Waals surface area contributed by atoms with E-state index in [1.165, 1.54) is 0 Å². The highest BCUT2D eigenvalue weighted by molar-refractivity contribution is 5.09. The molecule has 6 aliphatic rings. The zero-order chi connectivity index (χ0) is 36.0. The Labute approximate surface area is 287 Å². The van der Waals surface area contributed by atoms with Crippen LogP contribution in [0.5, 0.6) is 0 Å². The average Bonchev–Trinajstić information content (AvgIpc) is 3.05. The van der Waals surface area contributed by atoms with E-state index in [0.29, 0.717) is 0 Å². The highest BCUT2D eigenvalue weighted by atomic mass is 16.5. The molecule has 6 rings (SSSR count). The van der Waals surface area contributed by atoms with Crippen molar-refractivity contribution in [3.8, 4) is 0 Å². The summed E-state index contributed by atoms with van der Waals surface area (Å²) >= 11 is 0. The number of hydrogen-bond acceptors (Lipinski definition) is 14. The lowest BCUT2D eigenvalue weighted by molar-refractivity contribution is -0.281. The maximum Gasteiger partial charge on any atom is 0.106 e. The van der Waals surface area contributed by atoms with Crippen molar-refractivity contribution < 1.29 is 70.8 Å². The first kappa shape index (κ1) is 38.2. The molecule has 4 saturated carbocycles. The monoisotopic (exact) mass is 704 g/mol. The number of rotatable bonds is 4. The highest BCUT2D eigenvalue weighted by Gasteiger charge is 2.61. The summed E-state index contributed by atoms with van der Waals surface area (Å²) in [6.07, 6.45) is -16.3. The molecule has 0 bridgehead atoms. The summed E-state index contributed by atoms with van der Waals surface area (Å²) in [6, 6.07) is 0. The molecule has 12 N–H and O–H groups in total. The van der Waals surface area contributed by atoms with Gasteiger partial charge in [-0.2, -0.15) is 0 Å². The van der Waals surface area contributed by atoms with Crippen LogP contribution in [-0.2, 0) is 9.47 Å². The van der Waals surface area contributed by atoms with Crippen LogP contribution >= 0.6 is 0 Å². The largest absolute Gasteiger partial charge is 0.392 e. The first-order chi connectivity index (χ1) is 23.0. The predicted molar refractivity (Wildman–Crippen MR) is 170 cm³/mol. The molecule has 0 amide bonds. The van der Waals surface area contributed by atoms with Gasteiger partial charge in [0, 0.05) is 35.5 Å². The van der Waals surface area contributed by atoms with Gasteiger partial charge < -0.3 is 70.8 Å². The first-order valence-corrected chi connectivity index (χ1v) is 18.4. The lowest BCUT2D eigenvalue weighted by Crippen LogP contribution is -2.67. The van der Waals surface area contributed by atoms with E-state index in [9.17, 15) is 61.3 Å². The summed E-state index contributed by atoms with van der Waals surface area (Å²) in [5.74, 6) is -5.70. The van der Waals surface area contributed by atoms with E-state index < -0.39 is 157 Å². The Kier molecular flexibility index (Phi) is 11.2. The van der Waals surface area contributed by atoms with Gasteiger partial charge in [-0.3, -0.25) is 0 Å². The molecule has 284 valence electrons. The van der Waals surface area contributed by atoms with Crippen molar-refractivity contribution in [2.75, 3.05) is 0 Å². The lowest BCUT2D eigenvalue weighted by Gasteiger charge is -2.58. The zero-order valence-corrected chi connectivity index (χ0v) is 28.7. The summed E-state index contributed by atoms with van der Waals surface area (Å²) in [6.45, 7) is 7.20. The molecule has 49 heavy (non-hydrogen) atoms. The van der Waals surface area contributed by atoms with Crippen molar-refractivity contribution in [3.05, 3.63) is 0 Å². The van der Waals surface area contributed by atoms with Gasteiger partial charge in [0.1, 0.15) is 12.2 Å². The Hall–Kier alpha value is -0.560. The molecule has 0 aromatic heterocycles. The maximum atomic E-state index is 11.8. The van der Waals surface area contributed by atoms with Crippen LogP contribution in [0.15, 0.2) is 0 Å². The van der Waals surface area contributed by atoms with Crippen LogP contribution in [0, 0.1) is 59.2 Å². The van der Waals surface area contributed by atoms with E-state index >= 15 is 0 Å². The molecule has 0 aromatic rings. The second-order valence-corrected chi connectivity index (χ2v) is 16.9. The molecule has 2 aliphatic heterocycles. The molecule has 0 aromatic carbocycles. The van der Waals surface area contributed by atoms with Gasteiger partial charge in [-0.05, 0) is 55.8 Å². The second kappa shape index (κ2) is 14.3. The van der Waals surface area contributed by atoms with E-state index in [4.69, 9.17) is 9.47 Å². The maximum absolute atomic E-state index is 11.8. The average molecular weight is 705 g/mol. The topological polar surface area (TPSA) is 261 Å². The van der Waals surface area contributed by atoms with Crippen molar-refractivity contribution in [1.82, 2.24) is 0 Å². The van der Waals surface area contributed by atoms with E-state index in [2.05, 4.69) is 0 Å². The first-order valence-electron chi connectivity index (χ1n) is 18.4. The number of ether oxygens (including phenoxy) is 2. The van der Waals surface area contributed by atoms with Gasteiger partial charge in [-0.15, -0.1) is 0 Å². The molecule has 2 heterocycles. The molecule has 22 unspecified atom stereocenters. The predicted octanol–water partition coefficient (Wildman–Crippen LogP) is -2.90. The fourth-order valence-corrected chi connectivity index (χ4v) is 11.2. The minimum atomic E-state index is -1.29. The zero-order valence-electron chi connectivity index (χ0n) is 28.7. The third-order valence-electron chi connectivity index (χ3n) is 14.2. The van der Waals surface area contributed by atoms with E-state index in [1.807, 2.05) is 0 Å². The number of hydrogen-bond donors (Lipinski definition) is 12. The summed E-state index contributed by atoms with van der Waals surface area (Å²) in [7, 11) is 0. The summed E-state index contributed by atoms with van der Waals surface area (Å²) in [5, 5.41) is 131. The molecule has 0 radical (unpaired) electrons. The standard InChI is InChI=1S/C35H60O14/c1-10-22-28(44)16(24(40)12(3)32(22)48-34(26(10)42)14-5-18(36)30(46)19(37)6-14)9-17-25(41)13(4)33-23(29(17)45)11(2)27(43)35(49-33)15-7-20(38)31(47)21(39)8-15/h10-47H,5-9H2,1-4H3. The van der Waals surface area contributed by atoms with Gasteiger partial charge in [-0.1, -0.05) is 27.7 Å². The van der Waals surface area contributed by atoms with Crippen molar-refractivity contribution in [2.24, 2.45) is 59.2 Å². The molecule has 22 atom stereocenters. The summed E-state index contributed by atoms with van der Waals surface area (Å²) < 4.78 is 12.8. The van der Waals surface area contributed by atoms with Gasteiger partial charge >= 0.3 is 0 Å². The van der Waals surface area contributed by atoms with Gasteiger partial charge in [0.05, 0.1) is 85.5 Å². The number of fused-ring (bicyclic) bond motifs is 2. The number of aliphatic hydroxyl groups excluding tert-OH is 12. The van der Waals surface area contributed by atoms with Gasteiger partial charge in [0.2, 0.25) is 0 Å². The SMILES string of the molecule is CC1C(O)C(CC2C(O)C(C)C3OC(C4CC(O)C(O)C(O)C4)C(O)C(C)C3C2O)C(O)C2C(C)C(O)C(C3CC(O)C(O)C(O)C3)OC12. The molecular weight excluding hydrogens is 644 g/mol. The highest BCUT2D eigenvalue weighted by Crippen LogP contribution is 2.52. The van der Waals surface area contributed by atoms with E-state index in [-0.39, 0.29) is 32.1 Å². The van der Waals surface area contributed by atoms with Crippen LogP contribution in [0.1, 0.15) is 59.8 Å². The van der Waals surface area contributed by atoms with Crippen LogP contribution < -0.4 is 0 Å². The third kappa shape index (κ3) is 6.43. The van der Waals surface area contributed by atoms with E-state index in [0.717, 1.165) is 0 Å². The molecule has 4 aliphatic carbocycles. The van der Waals surface area contributed by atoms with Crippen LogP contribution in [0.4, 0.5) is 0 Å².